The number of nitrogens with zero attached hydrogens (tertiary/aromatic N) is 5. The molecule has 0 spiro atoms. The van der Waals surface area contributed by atoms with Crippen LogP contribution in [0.5, 0.6) is 0 Å². The summed E-state index contributed by atoms with van der Waals surface area (Å²) < 4.78 is 4.46. The van der Waals surface area contributed by atoms with Crippen LogP contribution >= 0.6 is 0 Å². The highest BCUT2D eigenvalue weighted by atomic mass is 15.0. The van der Waals surface area contributed by atoms with E-state index in [0.717, 1.165) is 77.2 Å². The number of hydrogen-bond donors (Lipinski definition) is 0. The fourth-order valence-corrected chi connectivity index (χ4v) is 7.31. The van der Waals surface area contributed by atoms with Gasteiger partial charge in [-0.1, -0.05) is 78.9 Å². The van der Waals surface area contributed by atoms with Crippen LogP contribution in [0.3, 0.4) is 0 Å². The molecule has 0 fully saturated rings. The van der Waals surface area contributed by atoms with Gasteiger partial charge >= 0.3 is 0 Å². The summed E-state index contributed by atoms with van der Waals surface area (Å²) in [5, 5.41) is 23.8. The van der Waals surface area contributed by atoms with E-state index < -0.39 is 0 Å². The molecule has 0 unspecified atom stereocenters. The van der Waals surface area contributed by atoms with Gasteiger partial charge in [0.1, 0.15) is 0 Å². The van der Waals surface area contributed by atoms with Crippen molar-refractivity contribution in [1.82, 2.24) is 9.13 Å². The molecule has 9 rings (SSSR count). The Labute approximate surface area is 288 Å². The largest absolute Gasteiger partial charge is 0.310 e. The second kappa shape index (κ2) is 11.4. The molecular weight excluding hydrogens is 611 g/mol. The van der Waals surface area contributed by atoms with Gasteiger partial charge in [0, 0.05) is 38.3 Å². The van der Waals surface area contributed by atoms with Crippen molar-refractivity contribution in [1.29, 1.82) is 10.5 Å². The monoisotopic (exact) mass is 635 g/mol. The molecular formula is C45H25N5. The average molecular weight is 636 g/mol. The van der Waals surface area contributed by atoms with Crippen molar-refractivity contribution in [2.75, 3.05) is 0 Å². The number of nitriles is 2. The second-order valence-electron chi connectivity index (χ2n) is 12.3. The zero-order chi connectivity index (χ0) is 33.8. The highest BCUT2D eigenvalue weighted by Crippen LogP contribution is 2.39. The molecule has 0 saturated carbocycles. The Morgan fingerprint density at radius 1 is 0.460 bits per heavy atom. The molecule has 0 atom stereocenters. The lowest BCUT2D eigenvalue weighted by Gasteiger charge is -2.16. The normalized spacial score (nSPS) is 11.1. The third-order valence-electron chi connectivity index (χ3n) is 9.59. The number of fused-ring (bicyclic) bond motifs is 6. The predicted octanol–water partition coefficient (Wildman–Crippen LogP) is 11.5. The molecule has 0 saturated heterocycles. The molecule has 0 aliphatic rings. The standard InChI is InChI=1S/C45H25N5/c1-48-34-17-20-38-36-9-2-5-12-42(36)50(45(38)26-34)43-21-13-29(27-46)23-39(43)33-8-6-7-32(25-33)31-15-18-35(19-16-31)49-41-11-4-3-10-37(41)40-24-30(28-47)14-22-44(40)49/h2-26H. The summed E-state index contributed by atoms with van der Waals surface area (Å²) in [6, 6.07) is 55.7. The van der Waals surface area contributed by atoms with Crippen LogP contribution in [-0.2, 0) is 0 Å². The van der Waals surface area contributed by atoms with Gasteiger partial charge < -0.3 is 9.13 Å². The summed E-state index contributed by atoms with van der Waals surface area (Å²) in [5.41, 5.74) is 12.0. The Balaban J connectivity index is 1.18. The molecule has 9 aromatic rings. The molecule has 0 bridgehead atoms. The van der Waals surface area contributed by atoms with Gasteiger partial charge in [0.25, 0.3) is 0 Å². The fourth-order valence-electron chi connectivity index (χ4n) is 7.31. The van der Waals surface area contributed by atoms with Crippen LogP contribution in [0.4, 0.5) is 5.69 Å². The van der Waals surface area contributed by atoms with Gasteiger partial charge in [-0.05, 0) is 89.5 Å². The van der Waals surface area contributed by atoms with Crippen LogP contribution in [0.1, 0.15) is 11.1 Å². The van der Waals surface area contributed by atoms with E-state index in [4.69, 9.17) is 6.57 Å². The van der Waals surface area contributed by atoms with E-state index in [2.05, 4.69) is 98.9 Å². The summed E-state index contributed by atoms with van der Waals surface area (Å²) in [4.78, 5) is 3.72. The zero-order valence-corrected chi connectivity index (χ0v) is 26.7. The minimum Gasteiger partial charge on any atom is -0.310 e. The number of hydrogen-bond acceptors (Lipinski definition) is 2. The van der Waals surface area contributed by atoms with E-state index in [-0.39, 0.29) is 0 Å². The molecule has 2 heterocycles. The number of rotatable bonds is 4. The van der Waals surface area contributed by atoms with E-state index >= 15 is 0 Å². The van der Waals surface area contributed by atoms with E-state index in [1.165, 1.54) is 0 Å². The summed E-state index contributed by atoms with van der Waals surface area (Å²) in [6.07, 6.45) is 0. The van der Waals surface area contributed by atoms with Gasteiger partial charge in [-0.3, -0.25) is 0 Å². The summed E-state index contributed by atoms with van der Waals surface area (Å²) in [5.74, 6) is 0. The minimum absolute atomic E-state index is 0.578. The smallest absolute Gasteiger partial charge is 0.189 e. The van der Waals surface area contributed by atoms with Crippen LogP contribution in [0.25, 0.3) is 82.1 Å². The molecule has 0 amide bonds. The Bertz CT molecular complexity index is 2960. The van der Waals surface area contributed by atoms with Crippen molar-refractivity contribution < 1.29 is 0 Å². The summed E-state index contributed by atoms with van der Waals surface area (Å²) in [7, 11) is 0. The van der Waals surface area contributed by atoms with Gasteiger partial charge in [0.15, 0.2) is 5.69 Å². The Morgan fingerprint density at radius 3 is 1.86 bits per heavy atom. The molecule has 5 nitrogen and oxygen atoms in total. The topological polar surface area (TPSA) is 61.8 Å². The number of aromatic nitrogens is 2. The third kappa shape index (κ3) is 4.45. The van der Waals surface area contributed by atoms with E-state index in [0.29, 0.717) is 16.8 Å². The molecule has 7 aromatic carbocycles. The quantitative estimate of drug-likeness (QED) is 0.181. The number of benzene rings is 7. The minimum atomic E-state index is 0.578. The van der Waals surface area contributed by atoms with Crippen molar-refractivity contribution in [3.63, 3.8) is 0 Å². The fraction of sp³-hybridized carbons (Fsp3) is 0. The molecule has 50 heavy (non-hydrogen) atoms. The van der Waals surface area contributed by atoms with Crippen molar-refractivity contribution in [3.8, 4) is 45.8 Å². The first kappa shape index (κ1) is 28.8. The lowest BCUT2D eigenvalue weighted by atomic mass is 9.96. The molecule has 5 heteroatoms. The lowest BCUT2D eigenvalue weighted by molar-refractivity contribution is 1.18. The SMILES string of the molecule is [C-]#[N+]c1ccc2c3ccccc3n(-c3ccc(C#N)cc3-c3cccc(-c4ccc(-n5c6ccccc6c6cc(C#N)ccc65)cc4)c3)c2c1. The molecule has 0 aliphatic carbocycles. The molecule has 230 valence electrons. The highest BCUT2D eigenvalue weighted by Gasteiger charge is 2.18. The van der Waals surface area contributed by atoms with Crippen molar-refractivity contribution >= 4 is 49.3 Å². The zero-order valence-electron chi connectivity index (χ0n) is 26.7. The second-order valence-corrected chi connectivity index (χ2v) is 12.3. The highest BCUT2D eigenvalue weighted by molar-refractivity contribution is 6.11. The van der Waals surface area contributed by atoms with Gasteiger partial charge in [-0.25, -0.2) is 4.85 Å². The van der Waals surface area contributed by atoms with Crippen LogP contribution in [0.2, 0.25) is 0 Å². The Kier molecular flexibility index (Phi) is 6.56. The van der Waals surface area contributed by atoms with Gasteiger partial charge in [-0.2, -0.15) is 10.5 Å². The number of para-hydroxylation sites is 2. The Hall–Kier alpha value is -7.39. The maximum absolute atomic E-state index is 9.93. The van der Waals surface area contributed by atoms with Crippen molar-refractivity contribution in [2.45, 2.75) is 0 Å². The Morgan fingerprint density at radius 2 is 1.10 bits per heavy atom. The first-order valence-corrected chi connectivity index (χ1v) is 16.2. The summed E-state index contributed by atoms with van der Waals surface area (Å²) >= 11 is 0. The first-order chi connectivity index (χ1) is 24.6. The van der Waals surface area contributed by atoms with Crippen LogP contribution in [-0.4, -0.2) is 9.13 Å². The maximum atomic E-state index is 9.93. The van der Waals surface area contributed by atoms with Crippen molar-refractivity contribution in [3.05, 3.63) is 174 Å². The average Bonchev–Trinajstić information content (AvgIpc) is 3.69. The van der Waals surface area contributed by atoms with Crippen LogP contribution in [0, 0.1) is 29.2 Å². The predicted molar refractivity (Wildman–Crippen MR) is 202 cm³/mol. The van der Waals surface area contributed by atoms with E-state index in [1.807, 2.05) is 78.9 Å². The van der Waals surface area contributed by atoms with Gasteiger partial charge in [0.05, 0.1) is 52.1 Å². The van der Waals surface area contributed by atoms with Crippen LogP contribution in [0.15, 0.2) is 152 Å². The lowest BCUT2D eigenvalue weighted by Crippen LogP contribution is -1.98. The van der Waals surface area contributed by atoms with Gasteiger partial charge in [0.2, 0.25) is 0 Å². The van der Waals surface area contributed by atoms with Crippen LogP contribution < -0.4 is 0 Å². The third-order valence-corrected chi connectivity index (χ3v) is 9.59. The maximum Gasteiger partial charge on any atom is 0.189 e. The molecule has 2 aromatic heterocycles. The molecule has 0 radical (unpaired) electrons. The molecule has 0 aliphatic heterocycles. The first-order valence-electron chi connectivity index (χ1n) is 16.2. The molecule has 0 N–H and O–H groups in total. The summed E-state index contributed by atoms with van der Waals surface area (Å²) in [6.45, 7) is 7.67. The van der Waals surface area contributed by atoms with Crippen molar-refractivity contribution in [2.24, 2.45) is 0 Å². The van der Waals surface area contributed by atoms with Gasteiger partial charge in [-0.15, -0.1) is 0 Å². The van der Waals surface area contributed by atoms with E-state index in [1.54, 1.807) is 0 Å². The van der Waals surface area contributed by atoms with E-state index in [9.17, 15) is 10.5 Å².